The van der Waals surface area contributed by atoms with Crippen LogP contribution in [-0.4, -0.2) is 10.9 Å². The molecule has 0 spiro atoms. The average molecular weight is 324 g/mol. The van der Waals surface area contributed by atoms with Crippen molar-refractivity contribution in [3.63, 3.8) is 0 Å². The fourth-order valence-corrected chi connectivity index (χ4v) is 2.28. The number of nitrogens with one attached hydrogen (secondary N) is 2. The smallest absolute Gasteiger partial charge is 0.258 e. The van der Waals surface area contributed by atoms with Crippen molar-refractivity contribution in [1.29, 1.82) is 0 Å². The third kappa shape index (κ3) is 3.87. The Balaban J connectivity index is 1.68. The first-order valence-corrected chi connectivity index (χ1v) is 7.44. The molecule has 0 saturated heterocycles. The largest absolute Gasteiger partial charge is 0.356 e. The SMILES string of the molecule is O=C(Nc1ccc(Nc2ccccc2)cc1)c1cccnc1Cl. The van der Waals surface area contributed by atoms with Gasteiger partial charge in [-0.1, -0.05) is 29.8 Å². The lowest BCUT2D eigenvalue weighted by atomic mass is 10.2. The third-order valence-electron chi connectivity index (χ3n) is 3.21. The van der Waals surface area contributed by atoms with E-state index in [9.17, 15) is 4.79 Å². The summed E-state index contributed by atoms with van der Waals surface area (Å²) in [5.41, 5.74) is 2.98. The van der Waals surface area contributed by atoms with E-state index in [4.69, 9.17) is 11.6 Å². The minimum absolute atomic E-state index is 0.187. The lowest BCUT2D eigenvalue weighted by molar-refractivity contribution is 0.102. The first kappa shape index (κ1) is 15.1. The Labute approximate surface area is 139 Å². The van der Waals surface area contributed by atoms with E-state index in [-0.39, 0.29) is 11.1 Å². The number of hydrogen-bond donors (Lipinski definition) is 2. The van der Waals surface area contributed by atoms with Crippen molar-refractivity contribution >= 4 is 34.6 Å². The highest BCUT2D eigenvalue weighted by molar-refractivity contribution is 6.33. The number of carbonyl (C=O) groups excluding carboxylic acids is 1. The molecular formula is C18H14ClN3O. The van der Waals surface area contributed by atoms with Gasteiger partial charge in [0.1, 0.15) is 5.15 Å². The van der Waals surface area contributed by atoms with E-state index in [1.807, 2.05) is 54.6 Å². The lowest BCUT2D eigenvalue weighted by Crippen LogP contribution is -2.12. The zero-order valence-corrected chi connectivity index (χ0v) is 12.9. The fraction of sp³-hybridized carbons (Fsp3) is 0. The van der Waals surface area contributed by atoms with Crippen LogP contribution in [0.2, 0.25) is 5.15 Å². The number of pyridine rings is 1. The number of hydrogen-bond acceptors (Lipinski definition) is 3. The molecule has 5 heteroatoms. The number of carbonyl (C=O) groups is 1. The molecule has 1 amide bonds. The van der Waals surface area contributed by atoms with Crippen molar-refractivity contribution in [3.05, 3.63) is 83.6 Å². The molecule has 2 aromatic carbocycles. The van der Waals surface area contributed by atoms with Crippen molar-refractivity contribution in [2.45, 2.75) is 0 Å². The molecule has 0 radical (unpaired) electrons. The molecule has 0 fully saturated rings. The molecule has 3 rings (SSSR count). The molecule has 0 unspecified atom stereocenters. The average Bonchev–Trinajstić information content (AvgIpc) is 2.58. The van der Waals surface area contributed by atoms with Gasteiger partial charge >= 0.3 is 0 Å². The second kappa shape index (κ2) is 6.94. The number of amides is 1. The number of para-hydroxylation sites is 1. The molecule has 23 heavy (non-hydrogen) atoms. The van der Waals surface area contributed by atoms with E-state index in [0.717, 1.165) is 11.4 Å². The summed E-state index contributed by atoms with van der Waals surface area (Å²) in [6.45, 7) is 0. The Bertz CT molecular complexity index is 804. The number of anilines is 3. The molecule has 0 atom stereocenters. The van der Waals surface area contributed by atoms with Gasteiger partial charge in [-0.2, -0.15) is 0 Å². The Hall–Kier alpha value is -2.85. The Morgan fingerprint density at radius 2 is 1.48 bits per heavy atom. The van der Waals surface area contributed by atoms with Crippen molar-refractivity contribution in [1.82, 2.24) is 4.98 Å². The van der Waals surface area contributed by atoms with Crippen LogP contribution in [0.25, 0.3) is 0 Å². The van der Waals surface area contributed by atoms with E-state index in [1.165, 1.54) is 0 Å². The van der Waals surface area contributed by atoms with Crippen LogP contribution in [0.5, 0.6) is 0 Å². The van der Waals surface area contributed by atoms with Gasteiger partial charge in [0, 0.05) is 23.3 Å². The highest BCUT2D eigenvalue weighted by atomic mass is 35.5. The molecule has 1 heterocycles. The molecule has 2 N–H and O–H groups in total. The second-order valence-corrected chi connectivity index (χ2v) is 5.22. The molecule has 0 aliphatic heterocycles. The van der Waals surface area contributed by atoms with Gasteiger partial charge in [-0.3, -0.25) is 4.79 Å². The first-order valence-electron chi connectivity index (χ1n) is 7.06. The maximum absolute atomic E-state index is 12.2. The number of nitrogens with zero attached hydrogens (tertiary/aromatic N) is 1. The number of benzene rings is 2. The van der Waals surface area contributed by atoms with Crippen molar-refractivity contribution in [3.8, 4) is 0 Å². The van der Waals surface area contributed by atoms with Crippen LogP contribution in [0.1, 0.15) is 10.4 Å². The number of rotatable bonds is 4. The quantitative estimate of drug-likeness (QED) is 0.682. The fourth-order valence-electron chi connectivity index (χ4n) is 2.08. The maximum Gasteiger partial charge on any atom is 0.258 e. The Morgan fingerprint density at radius 1 is 0.826 bits per heavy atom. The Kier molecular flexibility index (Phi) is 4.54. The van der Waals surface area contributed by atoms with Crippen LogP contribution in [0.4, 0.5) is 17.1 Å². The molecule has 0 bridgehead atoms. The lowest BCUT2D eigenvalue weighted by Gasteiger charge is -2.09. The summed E-state index contributed by atoms with van der Waals surface area (Å²) in [5, 5.41) is 6.27. The van der Waals surface area contributed by atoms with Gasteiger partial charge in [-0.15, -0.1) is 0 Å². The summed E-state index contributed by atoms with van der Waals surface area (Å²) in [4.78, 5) is 16.1. The van der Waals surface area contributed by atoms with E-state index in [2.05, 4.69) is 15.6 Å². The predicted octanol–water partition coefficient (Wildman–Crippen LogP) is 4.73. The summed E-state index contributed by atoms with van der Waals surface area (Å²) >= 11 is 5.92. The standard InChI is InChI=1S/C18H14ClN3O/c19-17-16(7-4-12-20-17)18(23)22-15-10-8-14(9-11-15)21-13-5-2-1-3-6-13/h1-12,21H,(H,22,23). The molecule has 114 valence electrons. The topological polar surface area (TPSA) is 54.0 Å². The van der Waals surface area contributed by atoms with Crippen LogP contribution in [0.15, 0.2) is 72.9 Å². The molecule has 3 aromatic rings. The van der Waals surface area contributed by atoms with Crippen LogP contribution in [0, 0.1) is 0 Å². The minimum atomic E-state index is -0.285. The second-order valence-electron chi connectivity index (χ2n) is 4.86. The summed E-state index contributed by atoms with van der Waals surface area (Å²) in [7, 11) is 0. The highest BCUT2D eigenvalue weighted by Crippen LogP contribution is 2.20. The van der Waals surface area contributed by atoms with Gasteiger partial charge < -0.3 is 10.6 Å². The number of aromatic nitrogens is 1. The van der Waals surface area contributed by atoms with E-state index in [0.29, 0.717) is 11.3 Å². The Morgan fingerprint density at radius 3 is 2.17 bits per heavy atom. The van der Waals surface area contributed by atoms with Gasteiger partial charge in [0.05, 0.1) is 5.56 Å². The predicted molar refractivity (Wildman–Crippen MR) is 93.4 cm³/mol. The monoisotopic (exact) mass is 323 g/mol. The first-order chi connectivity index (χ1) is 11.2. The van der Waals surface area contributed by atoms with Gasteiger partial charge in [0.25, 0.3) is 5.91 Å². The molecular weight excluding hydrogens is 310 g/mol. The summed E-state index contributed by atoms with van der Waals surface area (Å²) < 4.78 is 0. The maximum atomic E-state index is 12.2. The minimum Gasteiger partial charge on any atom is -0.356 e. The van der Waals surface area contributed by atoms with Crippen molar-refractivity contribution in [2.75, 3.05) is 10.6 Å². The van der Waals surface area contributed by atoms with Gasteiger partial charge in [-0.25, -0.2) is 4.98 Å². The molecule has 0 aliphatic carbocycles. The number of halogens is 1. The highest BCUT2D eigenvalue weighted by Gasteiger charge is 2.10. The van der Waals surface area contributed by atoms with E-state index in [1.54, 1.807) is 18.3 Å². The summed E-state index contributed by atoms with van der Waals surface area (Å²) in [6, 6.07) is 20.6. The molecule has 0 saturated carbocycles. The van der Waals surface area contributed by atoms with Gasteiger partial charge in [0.15, 0.2) is 0 Å². The molecule has 4 nitrogen and oxygen atoms in total. The molecule has 1 aromatic heterocycles. The summed E-state index contributed by atoms with van der Waals surface area (Å²) in [5.74, 6) is -0.285. The zero-order valence-electron chi connectivity index (χ0n) is 12.2. The van der Waals surface area contributed by atoms with Crippen molar-refractivity contribution in [2.24, 2.45) is 0 Å². The van der Waals surface area contributed by atoms with E-state index >= 15 is 0 Å². The normalized spacial score (nSPS) is 10.1. The van der Waals surface area contributed by atoms with E-state index < -0.39 is 0 Å². The van der Waals surface area contributed by atoms with Gasteiger partial charge in [0.2, 0.25) is 0 Å². The zero-order chi connectivity index (χ0) is 16.1. The van der Waals surface area contributed by atoms with Crippen LogP contribution >= 0.6 is 11.6 Å². The van der Waals surface area contributed by atoms with Crippen molar-refractivity contribution < 1.29 is 4.79 Å². The third-order valence-corrected chi connectivity index (χ3v) is 3.51. The van der Waals surface area contributed by atoms with Crippen LogP contribution in [0.3, 0.4) is 0 Å². The van der Waals surface area contributed by atoms with Gasteiger partial charge in [-0.05, 0) is 48.5 Å². The van der Waals surface area contributed by atoms with Crippen LogP contribution in [-0.2, 0) is 0 Å². The summed E-state index contributed by atoms with van der Waals surface area (Å²) in [6.07, 6.45) is 1.54. The molecule has 0 aliphatic rings. The van der Waals surface area contributed by atoms with Crippen LogP contribution < -0.4 is 10.6 Å².